The van der Waals surface area contributed by atoms with Gasteiger partial charge in [-0.1, -0.05) is 42.4 Å². The SMILES string of the molecule is CC(=O)OC1C[C@H]2[C@@H]3CCC4=CC(O)C=C[C@]4(C)C3=CC[C@]2(C)C1N. The second-order valence-corrected chi connectivity index (χ2v) is 8.77. The van der Waals surface area contributed by atoms with E-state index in [9.17, 15) is 9.90 Å². The average molecular weight is 343 g/mol. The predicted molar refractivity (Wildman–Crippen MR) is 96.5 cm³/mol. The van der Waals surface area contributed by atoms with Crippen LogP contribution in [-0.2, 0) is 9.53 Å². The lowest BCUT2D eigenvalue weighted by molar-refractivity contribution is -0.147. The zero-order chi connectivity index (χ0) is 18.0. The fraction of sp³-hybridized carbons (Fsp3) is 0.667. The molecule has 2 saturated carbocycles. The third kappa shape index (κ3) is 2.37. The van der Waals surface area contributed by atoms with Gasteiger partial charge in [0.2, 0.25) is 0 Å². The number of rotatable bonds is 1. The number of aliphatic hydroxyl groups excluding tert-OH is 1. The van der Waals surface area contributed by atoms with Gasteiger partial charge in [-0.3, -0.25) is 4.79 Å². The van der Waals surface area contributed by atoms with Gasteiger partial charge in [0.15, 0.2) is 0 Å². The smallest absolute Gasteiger partial charge is 0.302 e. The van der Waals surface area contributed by atoms with Crippen molar-refractivity contribution in [1.29, 1.82) is 0 Å². The lowest BCUT2D eigenvalue weighted by Gasteiger charge is -2.52. The molecule has 0 bridgehead atoms. The van der Waals surface area contributed by atoms with E-state index in [4.69, 9.17) is 10.5 Å². The summed E-state index contributed by atoms with van der Waals surface area (Å²) in [6.07, 6.45) is 11.8. The number of nitrogens with two attached hydrogens (primary N) is 1. The van der Waals surface area contributed by atoms with Crippen LogP contribution in [-0.4, -0.2) is 29.3 Å². The second-order valence-electron chi connectivity index (χ2n) is 8.77. The topological polar surface area (TPSA) is 72.5 Å². The van der Waals surface area contributed by atoms with Crippen LogP contribution in [0.4, 0.5) is 0 Å². The quantitative estimate of drug-likeness (QED) is 0.567. The highest BCUT2D eigenvalue weighted by Gasteiger charge is 2.58. The summed E-state index contributed by atoms with van der Waals surface area (Å²) in [5.41, 5.74) is 9.29. The van der Waals surface area contributed by atoms with E-state index >= 15 is 0 Å². The van der Waals surface area contributed by atoms with E-state index in [1.54, 1.807) is 0 Å². The Kier molecular flexibility index (Phi) is 3.79. The van der Waals surface area contributed by atoms with E-state index in [0.717, 1.165) is 25.7 Å². The molecule has 0 radical (unpaired) electrons. The Labute approximate surface area is 149 Å². The maximum atomic E-state index is 11.5. The van der Waals surface area contributed by atoms with Gasteiger partial charge in [0.05, 0.1) is 6.10 Å². The van der Waals surface area contributed by atoms with Crippen LogP contribution in [0.15, 0.2) is 35.5 Å². The van der Waals surface area contributed by atoms with Gasteiger partial charge in [0.1, 0.15) is 6.10 Å². The van der Waals surface area contributed by atoms with Crippen LogP contribution in [0.5, 0.6) is 0 Å². The van der Waals surface area contributed by atoms with Crippen molar-refractivity contribution in [3.05, 3.63) is 35.5 Å². The van der Waals surface area contributed by atoms with Gasteiger partial charge < -0.3 is 15.6 Å². The van der Waals surface area contributed by atoms with Crippen molar-refractivity contribution in [2.24, 2.45) is 28.4 Å². The summed E-state index contributed by atoms with van der Waals surface area (Å²) in [7, 11) is 0. The first-order chi connectivity index (χ1) is 11.8. The van der Waals surface area contributed by atoms with Gasteiger partial charge in [-0.25, -0.2) is 0 Å². The largest absolute Gasteiger partial charge is 0.461 e. The molecule has 4 rings (SSSR count). The molecule has 0 saturated heterocycles. The van der Waals surface area contributed by atoms with E-state index in [-0.39, 0.29) is 28.9 Å². The second kappa shape index (κ2) is 5.55. The Morgan fingerprint density at radius 3 is 2.88 bits per heavy atom. The third-order valence-corrected chi connectivity index (χ3v) is 7.45. The standard InChI is InChI=1S/C21H29NO3/c1-12(23)25-18-11-17-15-5-4-13-10-14(24)6-8-20(13,2)16(15)7-9-21(17,3)19(18)22/h6-8,10,14-15,17-19,24H,4-5,9,11,22H2,1-3H3/t14?,15-,17+,18?,19?,20+,21+/m1/s1. The molecule has 4 heteroatoms. The Morgan fingerprint density at radius 1 is 1.40 bits per heavy atom. The van der Waals surface area contributed by atoms with Crippen LogP contribution in [0.3, 0.4) is 0 Å². The van der Waals surface area contributed by atoms with Crippen molar-refractivity contribution in [2.45, 2.75) is 64.7 Å². The molecule has 25 heavy (non-hydrogen) atoms. The molecule has 2 fully saturated rings. The number of esters is 1. The molecule has 3 N–H and O–H groups in total. The van der Waals surface area contributed by atoms with Crippen LogP contribution in [0.1, 0.15) is 46.5 Å². The highest BCUT2D eigenvalue weighted by molar-refractivity contribution is 5.66. The van der Waals surface area contributed by atoms with Gasteiger partial charge >= 0.3 is 5.97 Å². The zero-order valence-corrected chi connectivity index (χ0v) is 15.4. The van der Waals surface area contributed by atoms with Gasteiger partial charge in [-0.2, -0.15) is 0 Å². The maximum absolute atomic E-state index is 11.5. The molecule has 7 atom stereocenters. The molecule has 0 heterocycles. The molecule has 4 aliphatic carbocycles. The molecule has 0 aromatic rings. The number of fused-ring (bicyclic) bond motifs is 5. The molecule has 0 aromatic heterocycles. The number of carbonyl (C=O) groups excluding carboxylic acids is 1. The highest BCUT2D eigenvalue weighted by Crippen LogP contribution is 2.62. The minimum atomic E-state index is -0.456. The first-order valence-corrected chi connectivity index (χ1v) is 9.47. The minimum absolute atomic E-state index is 0.0102. The Morgan fingerprint density at radius 2 is 2.16 bits per heavy atom. The highest BCUT2D eigenvalue weighted by atomic mass is 16.5. The summed E-state index contributed by atoms with van der Waals surface area (Å²) in [6, 6.07) is -0.104. The molecule has 4 aliphatic rings. The fourth-order valence-electron chi connectivity index (χ4n) is 6.00. The van der Waals surface area contributed by atoms with E-state index < -0.39 is 6.10 Å². The molecule has 0 amide bonds. The fourth-order valence-corrected chi connectivity index (χ4v) is 6.00. The first kappa shape index (κ1) is 17.0. The Balaban J connectivity index is 1.69. The van der Waals surface area contributed by atoms with Crippen molar-refractivity contribution in [3.63, 3.8) is 0 Å². The van der Waals surface area contributed by atoms with E-state index in [0.29, 0.717) is 11.8 Å². The summed E-state index contributed by atoms with van der Waals surface area (Å²) >= 11 is 0. The molecular formula is C21H29NO3. The number of hydrogen-bond donors (Lipinski definition) is 2. The Bertz CT molecular complexity index is 693. The van der Waals surface area contributed by atoms with Crippen LogP contribution in [0.25, 0.3) is 0 Å². The van der Waals surface area contributed by atoms with Gasteiger partial charge in [-0.05, 0) is 49.9 Å². The van der Waals surface area contributed by atoms with Crippen molar-refractivity contribution in [3.8, 4) is 0 Å². The van der Waals surface area contributed by atoms with Crippen molar-refractivity contribution >= 4 is 5.97 Å². The van der Waals surface area contributed by atoms with E-state index in [1.165, 1.54) is 18.1 Å². The number of carbonyl (C=O) groups is 1. The number of ether oxygens (including phenoxy) is 1. The average Bonchev–Trinajstić information content (AvgIpc) is 2.79. The predicted octanol–water partition coefficient (Wildman–Crippen LogP) is 2.88. The summed E-state index contributed by atoms with van der Waals surface area (Å²) < 4.78 is 5.56. The van der Waals surface area contributed by atoms with Crippen molar-refractivity contribution in [1.82, 2.24) is 0 Å². The van der Waals surface area contributed by atoms with Crippen LogP contribution < -0.4 is 5.73 Å². The van der Waals surface area contributed by atoms with Crippen molar-refractivity contribution in [2.75, 3.05) is 0 Å². The monoisotopic (exact) mass is 343 g/mol. The van der Waals surface area contributed by atoms with Crippen molar-refractivity contribution < 1.29 is 14.6 Å². The molecule has 4 nitrogen and oxygen atoms in total. The van der Waals surface area contributed by atoms with Crippen LogP contribution in [0, 0.1) is 22.7 Å². The lowest BCUT2D eigenvalue weighted by Crippen LogP contribution is -2.49. The van der Waals surface area contributed by atoms with E-state index in [1.807, 2.05) is 12.2 Å². The molecule has 0 aromatic carbocycles. The minimum Gasteiger partial charge on any atom is -0.461 e. The molecule has 0 spiro atoms. The molecule has 3 unspecified atom stereocenters. The van der Waals surface area contributed by atoms with Gasteiger partial charge in [-0.15, -0.1) is 0 Å². The molecule has 0 aliphatic heterocycles. The molecular weight excluding hydrogens is 314 g/mol. The summed E-state index contributed by atoms with van der Waals surface area (Å²) in [5.74, 6) is 0.693. The number of hydrogen-bond acceptors (Lipinski definition) is 4. The summed E-state index contributed by atoms with van der Waals surface area (Å²) in [6.45, 7) is 6.02. The molecule has 136 valence electrons. The third-order valence-electron chi connectivity index (χ3n) is 7.45. The van der Waals surface area contributed by atoms with E-state index in [2.05, 4.69) is 26.0 Å². The summed E-state index contributed by atoms with van der Waals surface area (Å²) in [5, 5.41) is 9.96. The van der Waals surface area contributed by atoms with Gasteiger partial charge in [0, 0.05) is 18.4 Å². The van der Waals surface area contributed by atoms with Crippen LogP contribution >= 0.6 is 0 Å². The van der Waals surface area contributed by atoms with Crippen LogP contribution in [0.2, 0.25) is 0 Å². The zero-order valence-electron chi connectivity index (χ0n) is 15.4. The number of allylic oxidation sites excluding steroid dienone is 4. The maximum Gasteiger partial charge on any atom is 0.302 e. The van der Waals surface area contributed by atoms with Gasteiger partial charge in [0.25, 0.3) is 0 Å². The first-order valence-electron chi connectivity index (χ1n) is 9.47. The lowest BCUT2D eigenvalue weighted by atomic mass is 9.53. The normalized spacial score (nSPS) is 48.0. The number of aliphatic hydroxyl groups is 1. The Hall–Kier alpha value is -1.39. The summed E-state index contributed by atoms with van der Waals surface area (Å²) in [4.78, 5) is 11.5.